The van der Waals surface area contributed by atoms with Crippen LogP contribution in [0.3, 0.4) is 0 Å². The molecule has 0 saturated heterocycles. The lowest BCUT2D eigenvalue weighted by Gasteiger charge is -2.15. The zero-order valence-electron chi connectivity index (χ0n) is 18.8. The topological polar surface area (TPSA) is 80.2 Å². The summed E-state index contributed by atoms with van der Waals surface area (Å²) in [6, 6.07) is 22.7. The SMILES string of the molecule is CCOc1cc(/C=N\NC(=O)c2cc(Br)ccc2O)cc(I)c1OCc1cccc2ccccc12. The molecule has 4 aromatic carbocycles. The van der Waals surface area contributed by atoms with Crippen molar-refractivity contribution in [3.05, 3.63) is 97.5 Å². The molecule has 0 aliphatic rings. The van der Waals surface area contributed by atoms with Gasteiger partial charge in [-0.15, -0.1) is 0 Å². The number of carbonyl (C=O) groups excluding carboxylic acids is 1. The monoisotopic (exact) mass is 644 g/mol. The van der Waals surface area contributed by atoms with Crippen molar-refractivity contribution in [2.75, 3.05) is 6.61 Å². The van der Waals surface area contributed by atoms with Gasteiger partial charge in [-0.3, -0.25) is 4.79 Å². The number of hydrazone groups is 1. The van der Waals surface area contributed by atoms with E-state index >= 15 is 0 Å². The van der Waals surface area contributed by atoms with Gasteiger partial charge in [0.2, 0.25) is 0 Å². The second-order valence-corrected chi connectivity index (χ2v) is 9.63. The van der Waals surface area contributed by atoms with Crippen molar-refractivity contribution < 1.29 is 19.4 Å². The molecule has 4 aromatic rings. The van der Waals surface area contributed by atoms with Gasteiger partial charge >= 0.3 is 0 Å². The average molecular weight is 645 g/mol. The van der Waals surface area contributed by atoms with Gasteiger partial charge in [-0.2, -0.15) is 5.10 Å². The third-order valence-electron chi connectivity index (χ3n) is 5.17. The average Bonchev–Trinajstić information content (AvgIpc) is 2.85. The second kappa shape index (κ2) is 11.5. The Bertz CT molecular complexity index is 1400. The van der Waals surface area contributed by atoms with E-state index in [1.54, 1.807) is 6.07 Å². The van der Waals surface area contributed by atoms with Crippen LogP contribution in [0.1, 0.15) is 28.4 Å². The van der Waals surface area contributed by atoms with Gasteiger partial charge in [0.25, 0.3) is 5.91 Å². The molecule has 2 N–H and O–H groups in total. The Balaban J connectivity index is 1.51. The standard InChI is InChI=1S/C27H22BrIN2O4/c1-2-34-25-13-17(15-30-31-27(33)22-14-20(28)10-11-24(22)32)12-23(29)26(25)35-16-19-8-5-7-18-6-3-4-9-21(18)19/h3-15,32H,2,16H2,1H3,(H,31,33)/b30-15-. The minimum Gasteiger partial charge on any atom is -0.507 e. The quantitative estimate of drug-likeness (QED) is 0.128. The maximum absolute atomic E-state index is 12.4. The molecular formula is C27H22BrIN2O4. The van der Waals surface area contributed by atoms with E-state index in [9.17, 15) is 9.90 Å². The van der Waals surface area contributed by atoms with Crippen molar-refractivity contribution in [3.63, 3.8) is 0 Å². The molecule has 0 aliphatic heterocycles. The number of carbonyl (C=O) groups is 1. The molecule has 35 heavy (non-hydrogen) atoms. The van der Waals surface area contributed by atoms with E-state index in [0.717, 1.165) is 25.5 Å². The van der Waals surface area contributed by atoms with E-state index in [-0.39, 0.29) is 11.3 Å². The summed E-state index contributed by atoms with van der Waals surface area (Å²) < 4.78 is 13.6. The maximum Gasteiger partial charge on any atom is 0.275 e. The van der Waals surface area contributed by atoms with E-state index in [1.165, 1.54) is 18.3 Å². The number of benzene rings is 4. The number of rotatable bonds is 8. The van der Waals surface area contributed by atoms with Crippen LogP contribution >= 0.6 is 38.5 Å². The summed E-state index contributed by atoms with van der Waals surface area (Å²) in [5.74, 6) is 0.606. The summed E-state index contributed by atoms with van der Waals surface area (Å²) in [5, 5.41) is 16.3. The fourth-order valence-electron chi connectivity index (χ4n) is 3.55. The first-order chi connectivity index (χ1) is 17.0. The summed E-state index contributed by atoms with van der Waals surface area (Å²) in [5.41, 5.74) is 4.38. The van der Waals surface area contributed by atoms with Crippen LogP contribution in [0.2, 0.25) is 0 Å². The van der Waals surface area contributed by atoms with Crippen LogP contribution in [0.25, 0.3) is 10.8 Å². The fraction of sp³-hybridized carbons (Fsp3) is 0.111. The van der Waals surface area contributed by atoms with Gasteiger partial charge in [-0.25, -0.2) is 5.43 Å². The summed E-state index contributed by atoms with van der Waals surface area (Å²) in [6.07, 6.45) is 1.52. The number of aromatic hydroxyl groups is 1. The lowest BCUT2D eigenvalue weighted by atomic mass is 10.1. The van der Waals surface area contributed by atoms with E-state index < -0.39 is 5.91 Å². The predicted molar refractivity (Wildman–Crippen MR) is 149 cm³/mol. The number of hydrogen-bond acceptors (Lipinski definition) is 5. The lowest BCUT2D eigenvalue weighted by molar-refractivity contribution is 0.0952. The minimum atomic E-state index is -0.519. The van der Waals surface area contributed by atoms with Gasteiger partial charge in [0, 0.05) is 4.47 Å². The van der Waals surface area contributed by atoms with E-state index in [2.05, 4.69) is 73.3 Å². The Morgan fingerprint density at radius 2 is 1.89 bits per heavy atom. The number of nitrogens with zero attached hydrogens (tertiary/aromatic N) is 1. The van der Waals surface area contributed by atoms with E-state index in [0.29, 0.717) is 29.2 Å². The molecule has 0 aliphatic carbocycles. The molecule has 0 fully saturated rings. The number of hydrogen-bond donors (Lipinski definition) is 2. The van der Waals surface area contributed by atoms with Crippen molar-refractivity contribution in [2.24, 2.45) is 5.10 Å². The maximum atomic E-state index is 12.4. The first-order valence-electron chi connectivity index (χ1n) is 10.8. The number of halogens is 2. The molecule has 4 rings (SSSR count). The van der Waals surface area contributed by atoms with Crippen LogP contribution < -0.4 is 14.9 Å². The Morgan fingerprint density at radius 3 is 2.71 bits per heavy atom. The highest BCUT2D eigenvalue weighted by atomic mass is 127. The van der Waals surface area contributed by atoms with Crippen LogP contribution in [0.5, 0.6) is 17.2 Å². The zero-order chi connectivity index (χ0) is 24.8. The molecule has 0 bridgehead atoms. The van der Waals surface area contributed by atoms with Gasteiger partial charge in [0.15, 0.2) is 11.5 Å². The fourth-order valence-corrected chi connectivity index (χ4v) is 4.69. The molecule has 8 heteroatoms. The van der Waals surface area contributed by atoms with Gasteiger partial charge in [0.05, 0.1) is 22.0 Å². The van der Waals surface area contributed by atoms with E-state index in [1.807, 2.05) is 37.3 Å². The summed E-state index contributed by atoms with van der Waals surface area (Å²) in [6.45, 7) is 2.78. The Labute approximate surface area is 225 Å². The normalized spacial score (nSPS) is 11.1. The van der Waals surface area contributed by atoms with Crippen LogP contribution in [0.15, 0.2) is 82.4 Å². The van der Waals surface area contributed by atoms with Crippen molar-refractivity contribution in [1.82, 2.24) is 5.43 Å². The van der Waals surface area contributed by atoms with Crippen LogP contribution in [-0.2, 0) is 6.61 Å². The van der Waals surface area contributed by atoms with Gasteiger partial charge in [-0.05, 0) is 81.7 Å². The minimum absolute atomic E-state index is 0.123. The summed E-state index contributed by atoms with van der Waals surface area (Å²) >= 11 is 5.49. The highest BCUT2D eigenvalue weighted by Crippen LogP contribution is 2.35. The Morgan fingerprint density at radius 1 is 1.09 bits per heavy atom. The first kappa shape index (κ1) is 25.0. The van der Waals surface area contributed by atoms with Crippen molar-refractivity contribution in [2.45, 2.75) is 13.5 Å². The highest BCUT2D eigenvalue weighted by molar-refractivity contribution is 14.1. The molecule has 1 amide bonds. The third-order valence-corrected chi connectivity index (χ3v) is 6.46. The number of fused-ring (bicyclic) bond motifs is 1. The first-order valence-corrected chi connectivity index (χ1v) is 12.7. The van der Waals surface area contributed by atoms with Crippen LogP contribution in [0, 0.1) is 3.57 Å². The van der Waals surface area contributed by atoms with Gasteiger partial charge < -0.3 is 14.6 Å². The van der Waals surface area contributed by atoms with E-state index in [4.69, 9.17) is 9.47 Å². The van der Waals surface area contributed by atoms with Gasteiger partial charge in [-0.1, -0.05) is 58.4 Å². The number of amides is 1. The number of phenolic OH excluding ortho intramolecular Hbond substituents is 1. The molecule has 0 radical (unpaired) electrons. The molecule has 178 valence electrons. The molecule has 0 spiro atoms. The number of ether oxygens (including phenoxy) is 2. The summed E-state index contributed by atoms with van der Waals surface area (Å²) in [7, 11) is 0. The zero-order valence-corrected chi connectivity index (χ0v) is 22.5. The number of nitrogens with one attached hydrogen (secondary N) is 1. The molecule has 0 atom stereocenters. The number of phenols is 1. The van der Waals surface area contributed by atoms with Crippen LogP contribution in [-0.4, -0.2) is 23.8 Å². The molecule has 0 saturated carbocycles. The Kier molecular flexibility index (Phi) is 8.25. The highest BCUT2D eigenvalue weighted by Gasteiger charge is 2.14. The third kappa shape index (κ3) is 6.12. The summed E-state index contributed by atoms with van der Waals surface area (Å²) in [4.78, 5) is 12.4. The van der Waals surface area contributed by atoms with Crippen LogP contribution in [0.4, 0.5) is 0 Å². The van der Waals surface area contributed by atoms with Crippen molar-refractivity contribution >= 4 is 61.4 Å². The Hall–Kier alpha value is -3.11. The van der Waals surface area contributed by atoms with Crippen molar-refractivity contribution in [1.29, 1.82) is 0 Å². The molecule has 0 aromatic heterocycles. The second-order valence-electron chi connectivity index (χ2n) is 7.55. The molecule has 0 unspecified atom stereocenters. The predicted octanol–water partition coefficient (Wildman–Crippen LogP) is 6.65. The molecular weight excluding hydrogens is 623 g/mol. The lowest BCUT2D eigenvalue weighted by Crippen LogP contribution is -2.17. The molecule has 6 nitrogen and oxygen atoms in total. The van der Waals surface area contributed by atoms with Crippen molar-refractivity contribution in [3.8, 4) is 17.2 Å². The molecule has 0 heterocycles. The van der Waals surface area contributed by atoms with Gasteiger partial charge in [0.1, 0.15) is 12.4 Å². The largest absolute Gasteiger partial charge is 0.507 e. The smallest absolute Gasteiger partial charge is 0.275 e.